The molecule has 11 heteroatoms. The predicted molar refractivity (Wildman–Crippen MR) is 125 cm³/mol. The molecular formula is C22H22F3N5OS2. The van der Waals surface area contributed by atoms with Crippen molar-refractivity contribution < 1.29 is 17.9 Å². The summed E-state index contributed by atoms with van der Waals surface area (Å²) in [4.78, 5) is 14.4. The van der Waals surface area contributed by atoms with Gasteiger partial charge in [0.2, 0.25) is 0 Å². The molecule has 0 fully saturated rings. The van der Waals surface area contributed by atoms with Crippen molar-refractivity contribution in [2.75, 3.05) is 18.5 Å². The molecule has 4 rings (SSSR count). The Hall–Kier alpha value is -2.60. The zero-order chi connectivity index (χ0) is 23.4. The van der Waals surface area contributed by atoms with Gasteiger partial charge in [-0.25, -0.2) is 9.97 Å². The van der Waals surface area contributed by atoms with E-state index in [1.807, 2.05) is 13.0 Å². The molecule has 0 aliphatic rings. The molecule has 33 heavy (non-hydrogen) atoms. The maximum atomic E-state index is 12.7. The summed E-state index contributed by atoms with van der Waals surface area (Å²) >= 11 is 3.02. The molecule has 3 heterocycles. The number of halogens is 3. The molecule has 0 amide bonds. The molecule has 0 aliphatic carbocycles. The highest BCUT2D eigenvalue weighted by molar-refractivity contribution is 7.26. The van der Waals surface area contributed by atoms with E-state index in [2.05, 4.69) is 15.3 Å². The minimum absolute atomic E-state index is 0.294. The summed E-state index contributed by atoms with van der Waals surface area (Å²) in [5.74, 6) is 0. The van der Waals surface area contributed by atoms with Crippen LogP contribution in [0, 0.1) is 0 Å². The number of benzene rings is 1. The lowest BCUT2D eigenvalue weighted by atomic mass is 10.0. The molecule has 0 saturated heterocycles. The summed E-state index contributed by atoms with van der Waals surface area (Å²) in [5.41, 5.74) is 7.98. The number of pyridine rings is 1. The molecule has 1 aromatic carbocycles. The van der Waals surface area contributed by atoms with E-state index in [9.17, 15) is 13.2 Å². The normalized spacial score (nSPS) is 12.9. The second-order valence-corrected chi connectivity index (χ2v) is 9.36. The maximum absolute atomic E-state index is 12.7. The molecule has 1 atom stereocenters. The average Bonchev–Trinajstić information content (AvgIpc) is 3.39. The van der Waals surface area contributed by atoms with Crippen LogP contribution >= 0.6 is 22.7 Å². The molecule has 0 saturated carbocycles. The van der Waals surface area contributed by atoms with Gasteiger partial charge < -0.3 is 15.8 Å². The van der Waals surface area contributed by atoms with Crippen molar-refractivity contribution in [3.8, 4) is 9.88 Å². The molecule has 174 valence electrons. The van der Waals surface area contributed by atoms with Crippen LogP contribution in [0.5, 0.6) is 0 Å². The highest BCUT2D eigenvalue weighted by atomic mass is 32.1. The number of rotatable bonds is 9. The Kier molecular flexibility index (Phi) is 7.23. The van der Waals surface area contributed by atoms with Crippen molar-refractivity contribution in [2.24, 2.45) is 5.73 Å². The van der Waals surface area contributed by atoms with Gasteiger partial charge in [0.05, 0.1) is 33.0 Å². The summed E-state index contributed by atoms with van der Waals surface area (Å²) in [7, 11) is 0. The average molecular weight is 494 g/mol. The number of nitrogens with one attached hydrogen (secondary N) is 1. The van der Waals surface area contributed by atoms with Crippen LogP contribution < -0.4 is 11.1 Å². The smallest absolute Gasteiger partial charge is 0.375 e. The Bertz CT molecular complexity index is 1170. The van der Waals surface area contributed by atoms with Gasteiger partial charge in [-0.2, -0.15) is 13.2 Å². The van der Waals surface area contributed by atoms with Crippen LogP contribution in [0.1, 0.15) is 23.7 Å². The monoisotopic (exact) mass is 493 g/mol. The molecule has 0 radical (unpaired) electrons. The van der Waals surface area contributed by atoms with Gasteiger partial charge in [0.1, 0.15) is 5.01 Å². The van der Waals surface area contributed by atoms with Crippen molar-refractivity contribution in [3.63, 3.8) is 0 Å². The van der Waals surface area contributed by atoms with Crippen LogP contribution in [0.3, 0.4) is 0 Å². The van der Waals surface area contributed by atoms with Gasteiger partial charge in [-0.3, -0.25) is 4.98 Å². The second-order valence-electron chi connectivity index (χ2n) is 7.33. The molecule has 0 unspecified atom stereocenters. The van der Waals surface area contributed by atoms with Crippen molar-refractivity contribution in [1.29, 1.82) is 0 Å². The van der Waals surface area contributed by atoms with Crippen molar-refractivity contribution in [1.82, 2.24) is 15.0 Å². The van der Waals surface area contributed by atoms with Gasteiger partial charge in [-0.15, -0.1) is 11.3 Å². The van der Waals surface area contributed by atoms with Gasteiger partial charge in [-0.1, -0.05) is 23.5 Å². The standard InChI is InChI=1S/C22H22F3N5OS2/c1-2-31-12-17-19(20-29-16-7-8-27-11-18(16)32-20)33-21(30-17)28-10-15(26)9-13-3-5-14(6-4-13)22(23,24)25/h3-8,11,15H,2,9-10,12,26H2,1H3,(H,28,30)/t15-/m0/s1. The first-order chi connectivity index (χ1) is 15.8. The number of alkyl halides is 3. The summed E-state index contributed by atoms with van der Waals surface area (Å²) in [6, 6.07) is 6.67. The number of hydrogen-bond donors (Lipinski definition) is 2. The SMILES string of the molecule is CCOCc1nc(NC[C@@H](N)Cc2ccc(C(F)(F)F)cc2)sc1-c1nc2ccncc2s1. The van der Waals surface area contributed by atoms with Crippen LogP contribution in [-0.4, -0.2) is 34.1 Å². The Morgan fingerprint density at radius 3 is 2.61 bits per heavy atom. The van der Waals surface area contributed by atoms with E-state index in [-0.39, 0.29) is 6.04 Å². The number of hydrogen-bond acceptors (Lipinski definition) is 8. The molecular weight excluding hydrogens is 471 g/mol. The fourth-order valence-corrected chi connectivity index (χ4v) is 5.20. The number of ether oxygens (including phenoxy) is 1. The number of nitrogens with zero attached hydrogens (tertiary/aromatic N) is 3. The predicted octanol–water partition coefficient (Wildman–Crippen LogP) is 5.35. The number of fused-ring (bicyclic) bond motifs is 1. The van der Waals surface area contributed by atoms with Crippen LogP contribution in [0.4, 0.5) is 18.3 Å². The Morgan fingerprint density at radius 2 is 1.91 bits per heavy atom. The van der Waals surface area contributed by atoms with Crippen LogP contribution in [-0.2, 0) is 23.9 Å². The summed E-state index contributed by atoms with van der Waals surface area (Å²) in [6.07, 6.45) is -0.395. The minimum atomic E-state index is -4.34. The van der Waals surface area contributed by atoms with Gasteiger partial charge in [0, 0.05) is 31.6 Å². The molecule has 4 aromatic rings. The van der Waals surface area contributed by atoms with E-state index in [4.69, 9.17) is 15.5 Å². The van der Waals surface area contributed by atoms with Gasteiger partial charge in [0.15, 0.2) is 5.13 Å². The second kappa shape index (κ2) is 10.1. The van der Waals surface area contributed by atoms with Crippen molar-refractivity contribution >= 4 is 38.0 Å². The Balaban J connectivity index is 1.44. The lowest BCUT2D eigenvalue weighted by molar-refractivity contribution is -0.137. The van der Waals surface area contributed by atoms with Crippen LogP contribution in [0.15, 0.2) is 42.7 Å². The van der Waals surface area contributed by atoms with Crippen molar-refractivity contribution in [3.05, 3.63) is 59.5 Å². The number of thiazole rings is 2. The third-order valence-electron chi connectivity index (χ3n) is 4.82. The zero-order valence-corrected chi connectivity index (χ0v) is 19.4. The van der Waals surface area contributed by atoms with Gasteiger partial charge >= 0.3 is 6.18 Å². The van der Waals surface area contributed by atoms with E-state index in [1.54, 1.807) is 23.7 Å². The van der Waals surface area contributed by atoms with E-state index in [1.165, 1.54) is 23.5 Å². The summed E-state index contributed by atoms with van der Waals surface area (Å²) in [5, 5.41) is 4.80. The molecule has 0 bridgehead atoms. The number of nitrogens with two attached hydrogens (primary N) is 1. The molecule has 3 aromatic heterocycles. The summed E-state index contributed by atoms with van der Waals surface area (Å²) in [6.45, 7) is 3.29. The van der Waals surface area contributed by atoms with E-state index in [0.717, 1.165) is 43.5 Å². The fraction of sp³-hybridized carbons (Fsp3) is 0.318. The van der Waals surface area contributed by atoms with Crippen LogP contribution in [0.2, 0.25) is 0 Å². The van der Waals surface area contributed by atoms with Gasteiger partial charge in [0.25, 0.3) is 0 Å². The molecule has 0 spiro atoms. The topological polar surface area (TPSA) is 86.0 Å². The zero-order valence-electron chi connectivity index (χ0n) is 17.7. The number of anilines is 1. The quantitative estimate of drug-likeness (QED) is 0.327. The maximum Gasteiger partial charge on any atom is 0.416 e. The van der Waals surface area contributed by atoms with Gasteiger partial charge in [-0.05, 0) is 37.1 Å². The first-order valence-electron chi connectivity index (χ1n) is 10.3. The largest absolute Gasteiger partial charge is 0.416 e. The van der Waals surface area contributed by atoms with Crippen molar-refractivity contribution in [2.45, 2.75) is 32.2 Å². The van der Waals surface area contributed by atoms with E-state index in [0.29, 0.717) is 31.3 Å². The summed E-state index contributed by atoms with van der Waals surface area (Å²) < 4.78 is 44.8. The van der Waals surface area contributed by atoms with Crippen LogP contribution in [0.25, 0.3) is 20.1 Å². The third-order valence-corrected chi connectivity index (χ3v) is 7.03. The first kappa shape index (κ1) is 23.6. The fourth-order valence-electron chi connectivity index (χ4n) is 3.19. The lowest BCUT2D eigenvalue weighted by Gasteiger charge is -2.13. The highest BCUT2D eigenvalue weighted by Crippen LogP contribution is 2.38. The Labute approximate surface area is 196 Å². The lowest BCUT2D eigenvalue weighted by Crippen LogP contribution is -2.31. The highest BCUT2D eigenvalue weighted by Gasteiger charge is 2.30. The number of aromatic nitrogens is 3. The van der Waals surface area contributed by atoms with E-state index >= 15 is 0 Å². The molecule has 0 aliphatic heterocycles. The van der Waals surface area contributed by atoms with E-state index < -0.39 is 11.7 Å². The molecule has 6 nitrogen and oxygen atoms in total. The first-order valence-corrected chi connectivity index (χ1v) is 11.9. The minimum Gasteiger partial charge on any atom is -0.375 e. The molecule has 3 N–H and O–H groups in total. The Morgan fingerprint density at radius 1 is 1.12 bits per heavy atom. The third kappa shape index (κ3) is 5.85.